The van der Waals surface area contributed by atoms with Crippen LogP contribution in [0.1, 0.15) is 28.4 Å². The molecule has 0 heterocycles. The van der Waals surface area contributed by atoms with E-state index >= 15 is 0 Å². The van der Waals surface area contributed by atoms with Gasteiger partial charge in [0.15, 0.2) is 6.10 Å². The molecular formula is C24H21F2NO3. The van der Waals surface area contributed by atoms with Gasteiger partial charge >= 0.3 is 5.97 Å². The van der Waals surface area contributed by atoms with Crippen molar-refractivity contribution in [1.82, 2.24) is 0 Å². The first-order chi connectivity index (χ1) is 14.4. The number of hydrogen-bond donors (Lipinski definition) is 1. The molecule has 0 spiro atoms. The molecule has 3 rings (SSSR count). The van der Waals surface area contributed by atoms with Gasteiger partial charge in [0.1, 0.15) is 11.6 Å². The first-order valence-corrected chi connectivity index (χ1v) is 9.53. The van der Waals surface area contributed by atoms with E-state index < -0.39 is 29.6 Å². The van der Waals surface area contributed by atoms with Crippen LogP contribution in [0.5, 0.6) is 0 Å². The number of nitrogens with one attached hydrogen (secondary N) is 1. The van der Waals surface area contributed by atoms with Crippen LogP contribution in [0.4, 0.5) is 14.5 Å². The molecule has 3 aromatic rings. The van der Waals surface area contributed by atoms with Crippen molar-refractivity contribution in [3.05, 3.63) is 101 Å². The number of esters is 1. The van der Waals surface area contributed by atoms with Crippen molar-refractivity contribution in [3.8, 4) is 0 Å². The van der Waals surface area contributed by atoms with Crippen LogP contribution in [0.2, 0.25) is 0 Å². The van der Waals surface area contributed by atoms with E-state index in [1.165, 1.54) is 6.92 Å². The van der Waals surface area contributed by atoms with Crippen molar-refractivity contribution < 1.29 is 23.1 Å². The molecule has 1 N–H and O–H groups in total. The second-order valence-electron chi connectivity index (χ2n) is 6.80. The van der Waals surface area contributed by atoms with Gasteiger partial charge in [-0.1, -0.05) is 48.5 Å². The lowest BCUT2D eigenvalue weighted by Crippen LogP contribution is -2.30. The van der Waals surface area contributed by atoms with Crippen molar-refractivity contribution in [1.29, 1.82) is 0 Å². The Hall–Kier alpha value is -3.54. The number of rotatable bonds is 7. The Morgan fingerprint density at radius 1 is 0.933 bits per heavy atom. The fourth-order valence-corrected chi connectivity index (χ4v) is 2.97. The zero-order valence-corrected chi connectivity index (χ0v) is 16.4. The Morgan fingerprint density at radius 2 is 1.63 bits per heavy atom. The van der Waals surface area contributed by atoms with Gasteiger partial charge < -0.3 is 10.1 Å². The van der Waals surface area contributed by atoms with Crippen LogP contribution in [-0.2, 0) is 22.4 Å². The number of carbonyl (C=O) groups is 2. The summed E-state index contributed by atoms with van der Waals surface area (Å²) in [5, 5.41) is 2.24. The van der Waals surface area contributed by atoms with E-state index in [1.54, 1.807) is 12.1 Å². The Balaban J connectivity index is 1.65. The molecule has 0 radical (unpaired) electrons. The summed E-state index contributed by atoms with van der Waals surface area (Å²) in [5.41, 5.74) is 2.00. The molecule has 0 saturated carbocycles. The van der Waals surface area contributed by atoms with Gasteiger partial charge in [-0.15, -0.1) is 0 Å². The molecule has 1 atom stereocenters. The summed E-state index contributed by atoms with van der Waals surface area (Å²) in [6.07, 6.45) is 0.187. The number of carbonyl (C=O) groups excluding carboxylic acids is 2. The molecule has 1 unspecified atom stereocenters. The van der Waals surface area contributed by atoms with Crippen LogP contribution in [0.3, 0.4) is 0 Å². The molecule has 0 saturated heterocycles. The smallest absolute Gasteiger partial charge is 0.339 e. The van der Waals surface area contributed by atoms with Crippen LogP contribution in [0.25, 0.3) is 0 Å². The summed E-state index contributed by atoms with van der Waals surface area (Å²) in [7, 11) is 0. The highest BCUT2D eigenvalue weighted by Gasteiger charge is 2.21. The minimum absolute atomic E-state index is 0.314. The molecule has 0 aliphatic rings. The maximum Gasteiger partial charge on any atom is 0.339 e. The van der Waals surface area contributed by atoms with Crippen LogP contribution < -0.4 is 5.32 Å². The van der Waals surface area contributed by atoms with E-state index in [9.17, 15) is 18.4 Å². The molecule has 0 aliphatic heterocycles. The van der Waals surface area contributed by atoms with E-state index in [-0.39, 0.29) is 5.69 Å². The van der Waals surface area contributed by atoms with Gasteiger partial charge in [-0.05, 0) is 49.1 Å². The maximum absolute atomic E-state index is 13.7. The van der Waals surface area contributed by atoms with Crippen molar-refractivity contribution >= 4 is 17.6 Å². The average molecular weight is 409 g/mol. The number of amides is 1. The van der Waals surface area contributed by atoms with E-state index in [4.69, 9.17) is 4.74 Å². The number of ether oxygens (including phenoxy) is 1. The normalized spacial score (nSPS) is 11.6. The number of benzene rings is 3. The Labute approximate surface area is 173 Å². The predicted molar refractivity (Wildman–Crippen MR) is 110 cm³/mol. The van der Waals surface area contributed by atoms with Gasteiger partial charge in [-0.2, -0.15) is 0 Å². The van der Waals surface area contributed by atoms with Crippen LogP contribution in [0, 0.1) is 11.6 Å². The van der Waals surface area contributed by atoms with Gasteiger partial charge in [0.25, 0.3) is 5.91 Å². The van der Waals surface area contributed by atoms with Crippen molar-refractivity contribution in [2.45, 2.75) is 25.9 Å². The molecule has 0 fully saturated rings. The van der Waals surface area contributed by atoms with Crippen LogP contribution in [0.15, 0.2) is 72.8 Å². The Kier molecular flexibility index (Phi) is 6.91. The van der Waals surface area contributed by atoms with E-state index in [0.717, 1.165) is 35.7 Å². The zero-order chi connectivity index (χ0) is 21.5. The van der Waals surface area contributed by atoms with Gasteiger partial charge in [0, 0.05) is 6.07 Å². The highest BCUT2D eigenvalue weighted by Crippen LogP contribution is 2.17. The Morgan fingerprint density at radius 3 is 2.40 bits per heavy atom. The standard InChI is InChI=1S/C24H21F2NO3/c1-16(23(28)27-22-15-19(25)13-14-21(22)26)30-24(29)20-10-6-5-9-18(20)12-11-17-7-3-2-4-8-17/h2-10,13-16H,11-12H2,1H3,(H,27,28). The number of aryl methyl sites for hydroxylation is 2. The lowest BCUT2D eigenvalue weighted by molar-refractivity contribution is -0.123. The van der Waals surface area contributed by atoms with Crippen molar-refractivity contribution in [3.63, 3.8) is 0 Å². The van der Waals surface area contributed by atoms with E-state index in [2.05, 4.69) is 5.32 Å². The number of anilines is 1. The minimum atomic E-state index is -1.19. The van der Waals surface area contributed by atoms with Crippen molar-refractivity contribution in [2.75, 3.05) is 5.32 Å². The third kappa shape index (κ3) is 5.50. The second kappa shape index (κ2) is 9.78. The molecule has 0 bridgehead atoms. The molecular weight excluding hydrogens is 388 g/mol. The molecule has 1 amide bonds. The quantitative estimate of drug-likeness (QED) is 0.563. The van der Waals surface area contributed by atoms with E-state index in [0.29, 0.717) is 12.0 Å². The first-order valence-electron chi connectivity index (χ1n) is 9.53. The van der Waals surface area contributed by atoms with Crippen molar-refractivity contribution in [2.24, 2.45) is 0 Å². The number of halogens is 2. The summed E-state index contributed by atoms with van der Waals surface area (Å²) >= 11 is 0. The van der Waals surface area contributed by atoms with Gasteiger partial charge in [-0.3, -0.25) is 4.79 Å². The van der Waals surface area contributed by atoms with Crippen LogP contribution in [-0.4, -0.2) is 18.0 Å². The third-order valence-corrected chi connectivity index (χ3v) is 4.60. The number of hydrogen-bond acceptors (Lipinski definition) is 3. The van der Waals surface area contributed by atoms with Gasteiger partial charge in [0.05, 0.1) is 11.3 Å². The zero-order valence-electron chi connectivity index (χ0n) is 16.4. The summed E-state index contributed by atoms with van der Waals surface area (Å²) < 4.78 is 32.2. The van der Waals surface area contributed by atoms with Gasteiger partial charge in [0.2, 0.25) is 0 Å². The molecule has 3 aromatic carbocycles. The highest BCUT2D eigenvalue weighted by atomic mass is 19.1. The third-order valence-electron chi connectivity index (χ3n) is 4.60. The van der Waals surface area contributed by atoms with Crippen LogP contribution >= 0.6 is 0 Å². The predicted octanol–water partition coefficient (Wildman–Crippen LogP) is 4.93. The van der Waals surface area contributed by atoms with E-state index in [1.807, 2.05) is 42.5 Å². The molecule has 0 aromatic heterocycles. The second-order valence-corrected chi connectivity index (χ2v) is 6.80. The molecule has 4 nitrogen and oxygen atoms in total. The summed E-state index contributed by atoms with van der Waals surface area (Å²) in [5.74, 6) is -2.88. The monoisotopic (exact) mass is 409 g/mol. The fraction of sp³-hybridized carbons (Fsp3) is 0.167. The topological polar surface area (TPSA) is 55.4 Å². The van der Waals surface area contributed by atoms with Gasteiger partial charge in [-0.25, -0.2) is 13.6 Å². The fourth-order valence-electron chi connectivity index (χ4n) is 2.97. The maximum atomic E-state index is 13.7. The summed E-state index contributed by atoms with van der Waals surface area (Å²) in [6.45, 7) is 1.37. The molecule has 30 heavy (non-hydrogen) atoms. The molecule has 6 heteroatoms. The minimum Gasteiger partial charge on any atom is -0.449 e. The lowest BCUT2D eigenvalue weighted by atomic mass is 10.00. The molecule has 154 valence electrons. The summed E-state index contributed by atoms with van der Waals surface area (Å²) in [4.78, 5) is 24.9. The summed E-state index contributed by atoms with van der Waals surface area (Å²) in [6, 6.07) is 19.6. The lowest BCUT2D eigenvalue weighted by Gasteiger charge is -2.15. The highest BCUT2D eigenvalue weighted by molar-refractivity contribution is 5.97. The SMILES string of the molecule is CC(OC(=O)c1ccccc1CCc1ccccc1)C(=O)Nc1cc(F)ccc1F. The largest absolute Gasteiger partial charge is 0.449 e. The average Bonchev–Trinajstić information content (AvgIpc) is 2.75. The first kappa shape index (κ1) is 21.2. The molecule has 0 aliphatic carbocycles. The Bertz CT molecular complexity index is 1040.